The van der Waals surface area contributed by atoms with E-state index in [-0.39, 0.29) is 39.5 Å². The van der Waals surface area contributed by atoms with Gasteiger partial charge in [-0.1, -0.05) is 90.4 Å². The minimum Gasteiger partial charge on any atom is -0.354 e. The van der Waals surface area contributed by atoms with Gasteiger partial charge >= 0.3 is 0 Å². The van der Waals surface area contributed by atoms with Crippen molar-refractivity contribution in [1.29, 1.82) is 0 Å². The molecule has 3 rings (SSSR count). The lowest BCUT2D eigenvalue weighted by molar-refractivity contribution is -0.140. The molecule has 0 unspecified atom stereocenters. The third-order valence-electron chi connectivity index (χ3n) is 6.65. The Balaban J connectivity index is 2.08. The molecular formula is C30H33Cl4N3O4S. The maximum atomic E-state index is 14.1. The lowest BCUT2D eigenvalue weighted by Crippen LogP contribution is -2.52. The van der Waals surface area contributed by atoms with Gasteiger partial charge in [-0.25, -0.2) is 8.42 Å². The smallest absolute Gasteiger partial charge is 0.264 e. The number of hydrogen-bond donors (Lipinski definition) is 1. The highest BCUT2D eigenvalue weighted by Gasteiger charge is 2.34. The highest BCUT2D eigenvalue weighted by molar-refractivity contribution is 7.92. The van der Waals surface area contributed by atoms with Gasteiger partial charge in [-0.3, -0.25) is 13.9 Å². The third-order valence-corrected chi connectivity index (χ3v) is 9.76. The molecule has 0 spiro atoms. The Morgan fingerprint density at radius 2 is 1.57 bits per heavy atom. The molecule has 3 aromatic carbocycles. The number of carbonyl (C=O) groups excluding carboxylic acids is 2. The van der Waals surface area contributed by atoms with Crippen LogP contribution >= 0.6 is 46.4 Å². The molecule has 42 heavy (non-hydrogen) atoms. The van der Waals surface area contributed by atoms with Crippen LogP contribution in [0.25, 0.3) is 0 Å². The summed E-state index contributed by atoms with van der Waals surface area (Å²) >= 11 is 24.9. The van der Waals surface area contributed by atoms with Crippen LogP contribution in [0.2, 0.25) is 20.1 Å². The Bertz CT molecular complexity index is 1520. The van der Waals surface area contributed by atoms with E-state index >= 15 is 0 Å². The van der Waals surface area contributed by atoms with Gasteiger partial charge in [-0.15, -0.1) is 0 Å². The Hall–Kier alpha value is -2.49. The molecule has 0 heterocycles. The van der Waals surface area contributed by atoms with Crippen LogP contribution in [0.15, 0.2) is 65.6 Å². The van der Waals surface area contributed by atoms with Gasteiger partial charge in [0, 0.05) is 23.1 Å². The van der Waals surface area contributed by atoms with Gasteiger partial charge in [-0.2, -0.15) is 0 Å². The number of anilines is 1. The summed E-state index contributed by atoms with van der Waals surface area (Å²) in [5.41, 5.74) is 1.57. The van der Waals surface area contributed by atoms with Crippen molar-refractivity contribution in [2.24, 2.45) is 0 Å². The number of rotatable bonds is 13. The molecule has 7 nitrogen and oxygen atoms in total. The van der Waals surface area contributed by atoms with Crippen molar-refractivity contribution < 1.29 is 18.0 Å². The molecule has 0 aliphatic heterocycles. The van der Waals surface area contributed by atoms with E-state index in [4.69, 9.17) is 46.4 Å². The predicted molar refractivity (Wildman–Crippen MR) is 171 cm³/mol. The summed E-state index contributed by atoms with van der Waals surface area (Å²) in [6, 6.07) is 14.6. The zero-order valence-corrected chi connectivity index (χ0v) is 27.4. The van der Waals surface area contributed by atoms with Crippen molar-refractivity contribution in [3.8, 4) is 0 Å². The van der Waals surface area contributed by atoms with Crippen LogP contribution in [-0.2, 0) is 26.2 Å². The largest absolute Gasteiger partial charge is 0.354 e. The molecule has 1 N–H and O–H groups in total. The standard InChI is InChI=1S/C30H33Cl4N3O4S/c1-4-6-15-35-30(39)28(5-2)36(18-21-9-10-22(31)16-26(21)33)29(38)19-37(23-11-14-25(32)27(34)17-23)42(40,41)24-12-7-20(3)8-13-24/h7-14,16-17,28H,4-6,15,18-19H2,1-3H3,(H,35,39)/t28-/m1/s1. The van der Waals surface area contributed by atoms with Crippen LogP contribution in [0.4, 0.5) is 5.69 Å². The topological polar surface area (TPSA) is 86.8 Å². The van der Waals surface area contributed by atoms with Crippen LogP contribution in [0.5, 0.6) is 0 Å². The monoisotopic (exact) mass is 671 g/mol. The molecule has 0 aliphatic rings. The lowest BCUT2D eigenvalue weighted by Gasteiger charge is -2.33. The normalized spacial score (nSPS) is 12.1. The predicted octanol–water partition coefficient (Wildman–Crippen LogP) is 7.53. The number of unbranched alkanes of at least 4 members (excludes halogenated alkanes) is 1. The number of amides is 2. The maximum Gasteiger partial charge on any atom is 0.264 e. The molecule has 0 fully saturated rings. The number of benzene rings is 3. The highest BCUT2D eigenvalue weighted by atomic mass is 35.5. The lowest BCUT2D eigenvalue weighted by atomic mass is 10.1. The molecule has 0 saturated carbocycles. The van der Waals surface area contributed by atoms with Crippen molar-refractivity contribution in [2.45, 2.75) is 57.5 Å². The average Bonchev–Trinajstić information content (AvgIpc) is 2.94. The van der Waals surface area contributed by atoms with Crippen LogP contribution in [0.3, 0.4) is 0 Å². The fraction of sp³-hybridized carbons (Fsp3) is 0.333. The molecule has 0 radical (unpaired) electrons. The average molecular weight is 673 g/mol. The number of aryl methyl sites for hydroxylation is 1. The quantitative estimate of drug-likeness (QED) is 0.190. The van der Waals surface area contributed by atoms with Crippen LogP contribution in [0.1, 0.15) is 44.2 Å². The van der Waals surface area contributed by atoms with Gasteiger partial charge in [-0.05, 0) is 67.8 Å². The van der Waals surface area contributed by atoms with Gasteiger partial charge in [0.1, 0.15) is 12.6 Å². The van der Waals surface area contributed by atoms with E-state index in [0.717, 1.165) is 22.7 Å². The van der Waals surface area contributed by atoms with E-state index in [1.54, 1.807) is 37.3 Å². The number of halogens is 4. The second kappa shape index (κ2) is 15.3. The van der Waals surface area contributed by atoms with Crippen LogP contribution in [-0.4, -0.2) is 44.3 Å². The zero-order chi connectivity index (χ0) is 31.0. The van der Waals surface area contributed by atoms with Crippen LogP contribution in [0, 0.1) is 6.92 Å². The molecule has 0 aromatic heterocycles. The van der Waals surface area contributed by atoms with E-state index in [9.17, 15) is 18.0 Å². The molecule has 0 aliphatic carbocycles. The Morgan fingerprint density at radius 3 is 2.17 bits per heavy atom. The summed E-state index contributed by atoms with van der Waals surface area (Å²) in [7, 11) is -4.25. The van der Waals surface area contributed by atoms with Crippen molar-refractivity contribution in [2.75, 3.05) is 17.4 Å². The fourth-order valence-electron chi connectivity index (χ4n) is 4.27. The van der Waals surface area contributed by atoms with Crippen molar-refractivity contribution in [1.82, 2.24) is 10.2 Å². The van der Waals surface area contributed by atoms with Crippen LogP contribution < -0.4 is 9.62 Å². The Morgan fingerprint density at radius 1 is 0.881 bits per heavy atom. The first kappa shape index (κ1) is 34.0. The molecule has 12 heteroatoms. The van der Waals surface area contributed by atoms with E-state index in [0.29, 0.717) is 22.2 Å². The first-order chi connectivity index (χ1) is 19.9. The molecule has 0 bridgehead atoms. The minimum atomic E-state index is -4.25. The van der Waals surface area contributed by atoms with Crippen molar-refractivity contribution >= 4 is 73.9 Å². The molecule has 226 valence electrons. The van der Waals surface area contributed by atoms with E-state index in [2.05, 4.69) is 5.32 Å². The van der Waals surface area contributed by atoms with Gasteiger partial charge in [0.25, 0.3) is 10.0 Å². The summed E-state index contributed by atoms with van der Waals surface area (Å²) in [6.45, 7) is 5.42. The molecule has 1 atom stereocenters. The van der Waals surface area contributed by atoms with Crippen molar-refractivity contribution in [3.63, 3.8) is 0 Å². The summed E-state index contributed by atoms with van der Waals surface area (Å²) in [6.07, 6.45) is 1.95. The van der Waals surface area contributed by atoms with E-state index in [1.165, 1.54) is 35.2 Å². The SMILES string of the molecule is CCCCNC(=O)[C@@H](CC)N(Cc1ccc(Cl)cc1Cl)C(=O)CN(c1ccc(Cl)c(Cl)c1)S(=O)(=O)c1ccc(C)cc1. The maximum absolute atomic E-state index is 14.1. The summed E-state index contributed by atoms with van der Waals surface area (Å²) in [4.78, 5) is 28.8. The molecule has 2 amide bonds. The Kier molecular flexibility index (Phi) is 12.4. The third kappa shape index (κ3) is 8.54. The van der Waals surface area contributed by atoms with Gasteiger partial charge in [0.15, 0.2) is 0 Å². The number of carbonyl (C=O) groups is 2. The second-order valence-electron chi connectivity index (χ2n) is 9.75. The highest BCUT2D eigenvalue weighted by Crippen LogP contribution is 2.31. The second-order valence-corrected chi connectivity index (χ2v) is 13.3. The van der Waals surface area contributed by atoms with E-state index in [1.807, 2.05) is 13.8 Å². The summed E-state index contributed by atoms with van der Waals surface area (Å²) in [5.74, 6) is -0.952. The van der Waals surface area contributed by atoms with Crippen molar-refractivity contribution in [3.05, 3.63) is 91.9 Å². The fourth-order valence-corrected chi connectivity index (χ4v) is 6.43. The summed E-state index contributed by atoms with van der Waals surface area (Å²) in [5, 5.41) is 3.97. The molecule has 3 aromatic rings. The first-order valence-corrected chi connectivity index (χ1v) is 16.4. The summed E-state index contributed by atoms with van der Waals surface area (Å²) < 4.78 is 28.9. The zero-order valence-electron chi connectivity index (χ0n) is 23.5. The van der Waals surface area contributed by atoms with Gasteiger partial charge < -0.3 is 10.2 Å². The van der Waals surface area contributed by atoms with Gasteiger partial charge in [0.05, 0.1) is 20.6 Å². The number of nitrogens with one attached hydrogen (secondary N) is 1. The minimum absolute atomic E-state index is 0.0105. The number of hydrogen-bond acceptors (Lipinski definition) is 4. The first-order valence-electron chi connectivity index (χ1n) is 13.4. The number of sulfonamides is 1. The molecular weight excluding hydrogens is 640 g/mol. The molecule has 0 saturated heterocycles. The number of nitrogens with zero attached hydrogens (tertiary/aromatic N) is 2. The Labute approximate surface area is 267 Å². The van der Waals surface area contributed by atoms with E-state index < -0.39 is 28.5 Å². The van der Waals surface area contributed by atoms with Gasteiger partial charge in [0.2, 0.25) is 11.8 Å².